The first-order valence-corrected chi connectivity index (χ1v) is 8.91. The zero-order chi connectivity index (χ0) is 18.2. The molecule has 1 heterocycles. The summed E-state index contributed by atoms with van der Waals surface area (Å²) in [5.74, 6) is 0.0806. The van der Waals surface area contributed by atoms with Crippen LogP contribution in [0.5, 0.6) is 0 Å². The van der Waals surface area contributed by atoms with Gasteiger partial charge >= 0.3 is 6.03 Å². The van der Waals surface area contributed by atoms with Crippen LogP contribution in [0.25, 0.3) is 10.9 Å². The number of ether oxygens (including phenoxy) is 1. The number of methoxy groups -OCH3 is 1. The lowest BCUT2D eigenvalue weighted by molar-refractivity contribution is 0.193. The summed E-state index contributed by atoms with van der Waals surface area (Å²) in [5.41, 5.74) is 3.47. The van der Waals surface area contributed by atoms with Gasteiger partial charge in [-0.25, -0.2) is 4.79 Å². The van der Waals surface area contributed by atoms with Crippen molar-refractivity contribution in [3.63, 3.8) is 0 Å². The van der Waals surface area contributed by atoms with Crippen LogP contribution < -0.4 is 10.6 Å². The predicted molar refractivity (Wildman–Crippen MR) is 104 cm³/mol. The first-order valence-electron chi connectivity index (χ1n) is 8.91. The Labute approximate surface area is 153 Å². The van der Waals surface area contributed by atoms with E-state index in [9.17, 15) is 4.79 Å². The van der Waals surface area contributed by atoms with Gasteiger partial charge in [0.15, 0.2) is 0 Å². The van der Waals surface area contributed by atoms with Gasteiger partial charge in [-0.05, 0) is 23.6 Å². The van der Waals surface area contributed by atoms with Crippen molar-refractivity contribution in [1.82, 2.24) is 15.6 Å². The molecule has 0 saturated heterocycles. The summed E-state index contributed by atoms with van der Waals surface area (Å²) in [7, 11) is 1.66. The van der Waals surface area contributed by atoms with Crippen molar-refractivity contribution < 1.29 is 9.53 Å². The first kappa shape index (κ1) is 18.0. The monoisotopic (exact) mass is 351 g/mol. The van der Waals surface area contributed by atoms with Crippen LogP contribution in [0.4, 0.5) is 4.79 Å². The molecule has 3 aromatic rings. The fourth-order valence-electron chi connectivity index (χ4n) is 3.15. The van der Waals surface area contributed by atoms with Crippen LogP contribution in [0.15, 0.2) is 60.8 Å². The summed E-state index contributed by atoms with van der Waals surface area (Å²) >= 11 is 0. The minimum absolute atomic E-state index is 0.0806. The molecule has 0 aliphatic heterocycles. The average Bonchev–Trinajstić information content (AvgIpc) is 3.10. The third kappa shape index (κ3) is 4.43. The fourth-order valence-corrected chi connectivity index (χ4v) is 3.15. The number of rotatable bonds is 8. The van der Waals surface area contributed by atoms with Gasteiger partial charge in [0, 0.05) is 49.8 Å². The first-order chi connectivity index (χ1) is 12.8. The van der Waals surface area contributed by atoms with Gasteiger partial charge in [-0.1, -0.05) is 48.5 Å². The number of aromatic nitrogens is 1. The number of urea groups is 1. The highest BCUT2D eigenvalue weighted by molar-refractivity contribution is 5.84. The highest BCUT2D eigenvalue weighted by atomic mass is 16.5. The Morgan fingerprint density at radius 2 is 1.85 bits per heavy atom. The van der Waals surface area contributed by atoms with E-state index >= 15 is 0 Å². The number of fused-ring (bicyclic) bond motifs is 1. The zero-order valence-corrected chi connectivity index (χ0v) is 15.0. The largest absolute Gasteiger partial charge is 0.385 e. The molecule has 136 valence electrons. The molecule has 0 radical (unpaired) electrons. The number of hydrogen-bond acceptors (Lipinski definition) is 2. The summed E-state index contributed by atoms with van der Waals surface area (Å²) in [6, 6.07) is 18.4. The number of para-hydroxylation sites is 1. The van der Waals surface area contributed by atoms with E-state index in [1.807, 2.05) is 36.5 Å². The second-order valence-electron chi connectivity index (χ2n) is 6.24. The molecule has 1 unspecified atom stereocenters. The molecule has 0 spiro atoms. The maximum absolute atomic E-state index is 12.1. The zero-order valence-electron chi connectivity index (χ0n) is 15.0. The molecule has 2 aromatic carbocycles. The number of benzene rings is 2. The van der Waals surface area contributed by atoms with E-state index in [4.69, 9.17) is 4.74 Å². The highest BCUT2D eigenvalue weighted by Gasteiger charge is 2.18. The number of H-pyrrole nitrogens is 1. The second kappa shape index (κ2) is 9.06. The second-order valence-corrected chi connectivity index (χ2v) is 6.24. The van der Waals surface area contributed by atoms with Crippen molar-refractivity contribution in [2.45, 2.75) is 12.3 Å². The third-order valence-corrected chi connectivity index (χ3v) is 4.48. The molecule has 0 saturated carbocycles. The standard InChI is InChI=1S/C21H25N3O2/c1-26-13-7-12-22-21(25)24-14-18(16-8-3-2-4-9-16)19-15-23-20-11-6-5-10-17(19)20/h2-6,8-11,15,18,23H,7,12-14H2,1H3,(H2,22,24,25). The van der Waals surface area contributed by atoms with E-state index in [-0.39, 0.29) is 11.9 Å². The van der Waals surface area contributed by atoms with Crippen LogP contribution >= 0.6 is 0 Å². The predicted octanol–water partition coefficient (Wildman–Crippen LogP) is 3.64. The SMILES string of the molecule is COCCCNC(=O)NCC(c1ccccc1)c1c[nH]c2ccccc12. The van der Waals surface area contributed by atoms with Gasteiger partial charge in [0.25, 0.3) is 0 Å². The van der Waals surface area contributed by atoms with Crippen LogP contribution in [-0.4, -0.2) is 37.8 Å². The number of nitrogens with one attached hydrogen (secondary N) is 3. The van der Waals surface area contributed by atoms with E-state index in [0.29, 0.717) is 19.7 Å². The maximum atomic E-state index is 12.1. The van der Waals surface area contributed by atoms with E-state index in [2.05, 4.69) is 39.9 Å². The van der Waals surface area contributed by atoms with Gasteiger partial charge in [0.2, 0.25) is 0 Å². The van der Waals surface area contributed by atoms with Crippen molar-refractivity contribution in [2.75, 3.05) is 26.8 Å². The molecule has 3 rings (SSSR count). The number of carbonyl (C=O) groups is 1. The van der Waals surface area contributed by atoms with Gasteiger partial charge in [0.05, 0.1) is 0 Å². The summed E-state index contributed by atoms with van der Waals surface area (Å²) in [4.78, 5) is 15.4. The van der Waals surface area contributed by atoms with E-state index in [0.717, 1.165) is 11.9 Å². The Balaban J connectivity index is 1.74. The number of aromatic amines is 1. The summed E-state index contributed by atoms with van der Waals surface area (Å²) < 4.78 is 4.99. The highest BCUT2D eigenvalue weighted by Crippen LogP contribution is 2.30. The normalized spacial score (nSPS) is 12.0. The fraction of sp³-hybridized carbons (Fsp3) is 0.286. The molecule has 2 amide bonds. The molecule has 3 N–H and O–H groups in total. The van der Waals surface area contributed by atoms with Gasteiger partial charge < -0.3 is 20.4 Å². The minimum Gasteiger partial charge on any atom is -0.385 e. The Morgan fingerprint density at radius 3 is 2.65 bits per heavy atom. The Bertz CT molecular complexity index is 829. The number of amides is 2. The van der Waals surface area contributed by atoms with Crippen molar-refractivity contribution in [2.24, 2.45) is 0 Å². The maximum Gasteiger partial charge on any atom is 0.314 e. The topological polar surface area (TPSA) is 66.2 Å². The molecule has 1 atom stereocenters. The Kier molecular flexibility index (Phi) is 6.28. The molecule has 0 fully saturated rings. The van der Waals surface area contributed by atoms with E-state index in [1.54, 1.807) is 7.11 Å². The van der Waals surface area contributed by atoms with Gasteiger partial charge in [-0.3, -0.25) is 0 Å². The van der Waals surface area contributed by atoms with Crippen molar-refractivity contribution in [3.8, 4) is 0 Å². The van der Waals surface area contributed by atoms with Crippen LogP contribution in [-0.2, 0) is 4.74 Å². The quantitative estimate of drug-likeness (QED) is 0.543. The molecular formula is C21H25N3O2. The number of hydrogen-bond donors (Lipinski definition) is 3. The molecule has 5 heteroatoms. The molecule has 0 aliphatic rings. The lowest BCUT2D eigenvalue weighted by atomic mass is 9.91. The lowest BCUT2D eigenvalue weighted by Crippen LogP contribution is -2.38. The molecule has 0 bridgehead atoms. The summed E-state index contributed by atoms with van der Waals surface area (Å²) in [6.07, 6.45) is 2.84. The van der Waals surface area contributed by atoms with Crippen molar-refractivity contribution in [3.05, 3.63) is 71.9 Å². The van der Waals surface area contributed by atoms with Crippen molar-refractivity contribution in [1.29, 1.82) is 0 Å². The lowest BCUT2D eigenvalue weighted by Gasteiger charge is -2.18. The van der Waals surface area contributed by atoms with E-state index in [1.165, 1.54) is 16.5 Å². The summed E-state index contributed by atoms with van der Waals surface area (Å²) in [6.45, 7) is 1.77. The Morgan fingerprint density at radius 1 is 1.08 bits per heavy atom. The molecule has 26 heavy (non-hydrogen) atoms. The molecule has 0 aliphatic carbocycles. The van der Waals surface area contributed by atoms with Crippen LogP contribution in [0.2, 0.25) is 0 Å². The Hall–Kier alpha value is -2.79. The summed E-state index contributed by atoms with van der Waals surface area (Å²) in [5, 5.41) is 7.06. The molecule has 5 nitrogen and oxygen atoms in total. The van der Waals surface area contributed by atoms with Crippen molar-refractivity contribution >= 4 is 16.9 Å². The minimum atomic E-state index is -0.151. The van der Waals surface area contributed by atoms with Gasteiger partial charge in [-0.2, -0.15) is 0 Å². The van der Waals surface area contributed by atoms with Crippen LogP contribution in [0.1, 0.15) is 23.5 Å². The average molecular weight is 351 g/mol. The van der Waals surface area contributed by atoms with Gasteiger partial charge in [0.1, 0.15) is 0 Å². The smallest absolute Gasteiger partial charge is 0.314 e. The van der Waals surface area contributed by atoms with Crippen LogP contribution in [0, 0.1) is 0 Å². The molecular weight excluding hydrogens is 326 g/mol. The third-order valence-electron chi connectivity index (χ3n) is 4.48. The van der Waals surface area contributed by atoms with E-state index < -0.39 is 0 Å². The number of carbonyl (C=O) groups excluding carboxylic acids is 1. The molecule has 1 aromatic heterocycles. The van der Waals surface area contributed by atoms with Gasteiger partial charge in [-0.15, -0.1) is 0 Å². The van der Waals surface area contributed by atoms with Crippen LogP contribution in [0.3, 0.4) is 0 Å².